The van der Waals surface area contributed by atoms with Crippen molar-refractivity contribution in [2.75, 3.05) is 6.54 Å². The Kier molecular flexibility index (Phi) is 7.17. The highest BCUT2D eigenvalue weighted by Crippen LogP contribution is 2.15. The number of carbonyl (C=O) groups is 1. The second-order valence-corrected chi connectivity index (χ2v) is 7.11. The summed E-state index contributed by atoms with van der Waals surface area (Å²) in [4.78, 5) is 11.7. The second-order valence-electron chi connectivity index (χ2n) is 6.71. The molecule has 1 amide bonds. The fourth-order valence-electron chi connectivity index (χ4n) is 1.93. The van der Waals surface area contributed by atoms with Gasteiger partial charge in [0.1, 0.15) is 5.60 Å². The van der Waals surface area contributed by atoms with Crippen LogP contribution >= 0.6 is 11.6 Å². The molecule has 0 aliphatic carbocycles. The number of benzene rings is 1. The van der Waals surface area contributed by atoms with Crippen molar-refractivity contribution in [2.45, 2.75) is 52.8 Å². The third kappa shape index (κ3) is 7.14. The summed E-state index contributed by atoms with van der Waals surface area (Å²) < 4.78 is 5.25. The largest absolute Gasteiger partial charge is 0.444 e. The highest BCUT2D eigenvalue weighted by molar-refractivity contribution is 6.31. The third-order valence-corrected chi connectivity index (χ3v) is 3.55. The molecule has 4 nitrogen and oxygen atoms in total. The van der Waals surface area contributed by atoms with Crippen molar-refractivity contribution < 1.29 is 9.53 Å². The van der Waals surface area contributed by atoms with Crippen molar-refractivity contribution in [3.63, 3.8) is 0 Å². The Morgan fingerprint density at radius 2 is 1.91 bits per heavy atom. The Balaban J connectivity index is 2.49. The standard InChI is InChI=1S/C17H27ClN2O2/c1-12(2)15(11-20-16(21)22-17(3,4)5)19-10-13-8-6-7-9-14(13)18/h6-9,12,15,19H,10-11H2,1-5H3,(H,20,21). The monoisotopic (exact) mass is 326 g/mol. The molecule has 0 saturated heterocycles. The fraction of sp³-hybridized carbons (Fsp3) is 0.588. The van der Waals surface area contributed by atoms with E-state index in [0.717, 1.165) is 10.6 Å². The molecule has 1 unspecified atom stereocenters. The first-order valence-corrected chi connectivity index (χ1v) is 8.00. The molecule has 1 aromatic rings. The van der Waals surface area contributed by atoms with E-state index in [4.69, 9.17) is 16.3 Å². The molecule has 124 valence electrons. The number of ether oxygens (including phenoxy) is 1. The molecule has 0 spiro atoms. The minimum atomic E-state index is -0.484. The number of halogens is 1. The van der Waals surface area contributed by atoms with E-state index >= 15 is 0 Å². The van der Waals surface area contributed by atoms with E-state index in [9.17, 15) is 4.79 Å². The Morgan fingerprint density at radius 3 is 2.45 bits per heavy atom. The lowest BCUT2D eigenvalue weighted by Crippen LogP contribution is -2.45. The van der Waals surface area contributed by atoms with Crippen LogP contribution in [-0.4, -0.2) is 24.3 Å². The minimum absolute atomic E-state index is 0.142. The first-order chi connectivity index (χ1) is 10.2. The van der Waals surface area contributed by atoms with Crippen LogP contribution in [-0.2, 0) is 11.3 Å². The molecule has 1 aromatic carbocycles. The summed E-state index contributed by atoms with van der Waals surface area (Å²) in [5, 5.41) is 7.00. The molecule has 22 heavy (non-hydrogen) atoms. The summed E-state index contributed by atoms with van der Waals surface area (Å²) in [5.74, 6) is 0.373. The second kappa shape index (κ2) is 8.39. The number of carbonyl (C=O) groups excluding carboxylic acids is 1. The lowest BCUT2D eigenvalue weighted by molar-refractivity contribution is 0.0519. The predicted molar refractivity (Wildman–Crippen MR) is 91.2 cm³/mol. The van der Waals surface area contributed by atoms with Crippen LogP contribution < -0.4 is 10.6 Å². The van der Waals surface area contributed by atoms with Crippen LogP contribution in [0.4, 0.5) is 4.79 Å². The van der Waals surface area contributed by atoms with Gasteiger partial charge in [-0.2, -0.15) is 0 Å². The maximum Gasteiger partial charge on any atom is 0.407 e. The first-order valence-electron chi connectivity index (χ1n) is 7.62. The van der Waals surface area contributed by atoms with Gasteiger partial charge in [0.15, 0.2) is 0 Å². The van der Waals surface area contributed by atoms with Crippen molar-refractivity contribution >= 4 is 17.7 Å². The molecule has 0 fully saturated rings. The zero-order valence-corrected chi connectivity index (χ0v) is 14.8. The summed E-state index contributed by atoms with van der Waals surface area (Å²) in [6.45, 7) is 10.9. The molecule has 0 radical (unpaired) electrons. The van der Waals surface area contributed by atoms with Gasteiger partial charge in [-0.25, -0.2) is 4.79 Å². The van der Waals surface area contributed by atoms with Crippen LogP contribution in [0.3, 0.4) is 0 Å². The third-order valence-electron chi connectivity index (χ3n) is 3.18. The van der Waals surface area contributed by atoms with Gasteiger partial charge in [0, 0.05) is 24.2 Å². The average molecular weight is 327 g/mol. The summed E-state index contributed by atoms with van der Waals surface area (Å²) >= 11 is 6.16. The number of hydrogen-bond donors (Lipinski definition) is 2. The molecule has 1 rings (SSSR count). The molecular weight excluding hydrogens is 300 g/mol. The summed E-state index contributed by atoms with van der Waals surface area (Å²) in [6.07, 6.45) is -0.391. The van der Waals surface area contributed by atoms with E-state index < -0.39 is 11.7 Å². The van der Waals surface area contributed by atoms with Gasteiger partial charge < -0.3 is 15.4 Å². The van der Waals surface area contributed by atoms with Gasteiger partial charge in [-0.05, 0) is 38.3 Å². The zero-order valence-electron chi connectivity index (χ0n) is 14.1. The van der Waals surface area contributed by atoms with Crippen molar-refractivity contribution in [1.29, 1.82) is 0 Å². The zero-order chi connectivity index (χ0) is 16.8. The molecule has 0 saturated carbocycles. The van der Waals surface area contributed by atoms with Crippen molar-refractivity contribution in [3.8, 4) is 0 Å². The molecule has 0 bridgehead atoms. The van der Waals surface area contributed by atoms with E-state index in [0.29, 0.717) is 19.0 Å². The highest BCUT2D eigenvalue weighted by Gasteiger charge is 2.19. The van der Waals surface area contributed by atoms with Crippen molar-refractivity contribution in [1.82, 2.24) is 10.6 Å². The van der Waals surface area contributed by atoms with Crippen LogP contribution in [0, 0.1) is 5.92 Å². The average Bonchev–Trinajstić information content (AvgIpc) is 2.38. The summed E-state index contributed by atoms with van der Waals surface area (Å²) in [7, 11) is 0. The molecule has 5 heteroatoms. The summed E-state index contributed by atoms with van der Waals surface area (Å²) in [6, 6.07) is 7.89. The highest BCUT2D eigenvalue weighted by atomic mass is 35.5. The molecule has 0 aliphatic rings. The molecule has 0 aliphatic heterocycles. The quantitative estimate of drug-likeness (QED) is 0.831. The lowest BCUT2D eigenvalue weighted by atomic mass is 10.0. The number of amides is 1. The molecule has 0 heterocycles. The van der Waals surface area contributed by atoms with Crippen LogP contribution in [0.5, 0.6) is 0 Å². The normalized spacial score (nSPS) is 13.0. The number of nitrogens with one attached hydrogen (secondary N) is 2. The van der Waals surface area contributed by atoms with Crippen LogP contribution in [0.2, 0.25) is 5.02 Å². The molecule has 2 N–H and O–H groups in total. The Morgan fingerprint density at radius 1 is 1.27 bits per heavy atom. The van der Waals surface area contributed by atoms with Gasteiger partial charge in [0.05, 0.1) is 0 Å². The predicted octanol–water partition coefficient (Wildman–Crippen LogP) is 3.98. The molecular formula is C17H27ClN2O2. The van der Waals surface area contributed by atoms with Gasteiger partial charge in [-0.3, -0.25) is 0 Å². The van der Waals surface area contributed by atoms with E-state index in [1.165, 1.54) is 0 Å². The molecule has 1 atom stereocenters. The number of rotatable bonds is 6. The van der Waals surface area contributed by atoms with E-state index in [1.807, 2.05) is 45.0 Å². The summed E-state index contributed by atoms with van der Waals surface area (Å²) in [5.41, 5.74) is 0.564. The van der Waals surface area contributed by atoms with E-state index in [2.05, 4.69) is 24.5 Å². The minimum Gasteiger partial charge on any atom is -0.444 e. The van der Waals surface area contributed by atoms with Crippen molar-refractivity contribution in [2.24, 2.45) is 5.92 Å². The van der Waals surface area contributed by atoms with Crippen LogP contribution in [0.25, 0.3) is 0 Å². The van der Waals surface area contributed by atoms with Crippen molar-refractivity contribution in [3.05, 3.63) is 34.9 Å². The van der Waals surface area contributed by atoms with Gasteiger partial charge in [-0.15, -0.1) is 0 Å². The topological polar surface area (TPSA) is 50.4 Å². The van der Waals surface area contributed by atoms with Gasteiger partial charge in [0.2, 0.25) is 0 Å². The van der Waals surface area contributed by atoms with Gasteiger partial charge in [0.25, 0.3) is 0 Å². The Bertz CT molecular complexity index is 484. The smallest absolute Gasteiger partial charge is 0.407 e. The SMILES string of the molecule is CC(C)C(CNC(=O)OC(C)(C)C)NCc1ccccc1Cl. The Labute approximate surface area is 138 Å². The van der Waals surface area contributed by atoms with Gasteiger partial charge >= 0.3 is 6.09 Å². The maximum atomic E-state index is 11.7. The lowest BCUT2D eigenvalue weighted by Gasteiger charge is -2.25. The van der Waals surface area contributed by atoms with Crippen LogP contribution in [0.15, 0.2) is 24.3 Å². The van der Waals surface area contributed by atoms with Gasteiger partial charge in [-0.1, -0.05) is 43.6 Å². The molecule has 0 aromatic heterocycles. The van der Waals surface area contributed by atoms with E-state index in [1.54, 1.807) is 0 Å². The fourth-order valence-corrected chi connectivity index (χ4v) is 2.14. The first kappa shape index (κ1) is 18.8. The van der Waals surface area contributed by atoms with E-state index in [-0.39, 0.29) is 6.04 Å². The number of alkyl carbamates (subject to hydrolysis) is 1. The van der Waals surface area contributed by atoms with Crippen LogP contribution in [0.1, 0.15) is 40.2 Å². The Hall–Kier alpha value is -1.26. The maximum absolute atomic E-state index is 11.7. The number of hydrogen-bond acceptors (Lipinski definition) is 3.